The highest BCUT2D eigenvalue weighted by atomic mass is 127. The molecule has 0 aliphatic rings. The molecule has 25 heavy (non-hydrogen) atoms. The van der Waals surface area contributed by atoms with E-state index in [1.54, 1.807) is 44.5 Å². The Balaban J connectivity index is 0.00000576. The SMILES string of the molecule is CCC(CS(=O)(=O)c1ccccc1)NC(=NC)NCC(C)(C)OC.I. The monoisotopic (exact) mass is 483 g/mol. The lowest BCUT2D eigenvalue weighted by Crippen LogP contribution is -2.49. The zero-order valence-electron chi connectivity index (χ0n) is 15.6. The molecule has 6 nitrogen and oxygen atoms in total. The van der Waals surface area contributed by atoms with Gasteiger partial charge in [-0.25, -0.2) is 8.42 Å². The highest BCUT2D eigenvalue weighted by molar-refractivity contribution is 14.0. The number of aliphatic imine (C=N–C) groups is 1. The normalized spacial score (nSPS) is 13.7. The van der Waals surface area contributed by atoms with Crippen molar-refractivity contribution in [3.63, 3.8) is 0 Å². The summed E-state index contributed by atoms with van der Waals surface area (Å²) in [6.45, 7) is 6.44. The molecule has 0 radical (unpaired) electrons. The van der Waals surface area contributed by atoms with Gasteiger partial charge in [-0.15, -0.1) is 24.0 Å². The quantitative estimate of drug-likeness (QED) is 0.338. The molecule has 1 rings (SSSR count). The van der Waals surface area contributed by atoms with Gasteiger partial charge in [-0.3, -0.25) is 4.99 Å². The molecule has 1 aromatic carbocycles. The highest BCUT2D eigenvalue weighted by Gasteiger charge is 2.22. The van der Waals surface area contributed by atoms with Gasteiger partial charge in [0.1, 0.15) is 0 Å². The molecule has 0 fully saturated rings. The summed E-state index contributed by atoms with van der Waals surface area (Å²) in [5.41, 5.74) is -0.338. The third-order valence-corrected chi connectivity index (χ3v) is 5.65. The van der Waals surface area contributed by atoms with E-state index in [9.17, 15) is 8.42 Å². The average molecular weight is 483 g/mol. The van der Waals surface area contributed by atoms with Crippen molar-refractivity contribution in [1.82, 2.24) is 10.6 Å². The first-order chi connectivity index (χ1) is 11.2. The van der Waals surface area contributed by atoms with Gasteiger partial charge in [0.2, 0.25) is 0 Å². The number of nitrogens with one attached hydrogen (secondary N) is 2. The van der Waals surface area contributed by atoms with E-state index in [1.807, 2.05) is 20.8 Å². The second-order valence-electron chi connectivity index (χ2n) is 6.23. The summed E-state index contributed by atoms with van der Waals surface area (Å²) < 4.78 is 30.4. The summed E-state index contributed by atoms with van der Waals surface area (Å²) in [7, 11) is -0.0312. The Morgan fingerprint density at radius 3 is 2.36 bits per heavy atom. The number of rotatable bonds is 8. The Labute approximate surface area is 168 Å². The number of sulfone groups is 1. The first kappa shape index (κ1) is 24.1. The maximum absolute atomic E-state index is 12.5. The van der Waals surface area contributed by atoms with Crippen LogP contribution in [-0.2, 0) is 14.6 Å². The van der Waals surface area contributed by atoms with Gasteiger partial charge in [0.15, 0.2) is 15.8 Å². The van der Waals surface area contributed by atoms with Crippen LogP contribution in [0.25, 0.3) is 0 Å². The van der Waals surface area contributed by atoms with Gasteiger partial charge >= 0.3 is 0 Å². The molecule has 0 amide bonds. The van der Waals surface area contributed by atoms with Crippen LogP contribution in [0.1, 0.15) is 27.2 Å². The van der Waals surface area contributed by atoms with Crippen molar-refractivity contribution in [2.75, 3.05) is 26.5 Å². The lowest BCUT2D eigenvalue weighted by Gasteiger charge is -2.26. The van der Waals surface area contributed by atoms with E-state index in [0.717, 1.165) is 0 Å². The Bertz CT molecular complexity index is 634. The molecular formula is C17H30IN3O3S. The number of hydrogen-bond donors (Lipinski definition) is 2. The number of benzene rings is 1. The van der Waals surface area contributed by atoms with Crippen LogP contribution in [0.3, 0.4) is 0 Å². The molecule has 0 saturated carbocycles. The maximum atomic E-state index is 12.5. The number of methoxy groups -OCH3 is 1. The van der Waals surface area contributed by atoms with Crippen molar-refractivity contribution in [1.29, 1.82) is 0 Å². The summed E-state index contributed by atoms with van der Waals surface area (Å²) in [4.78, 5) is 4.50. The molecule has 0 aliphatic heterocycles. The number of hydrogen-bond acceptors (Lipinski definition) is 4. The minimum Gasteiger partial charge on any atom is -0.377 e. The smallest absolute Gasteiger partial charge is 0.191 e. The fourth-order valence-electron chi connectivity index (χ4n) is 2.01. The van der Waals surface area contributed by atoms with Crippen molar-refractivity contribution in [2.45, 2.75) is 43.7 Å². The molecular weight excluding hydrogens is 453 g/mol. The first-order valence-electron chi connectivity index (χ1n) is 8.04. The van der Waals surface area contributed by atoms with Crippen LogP contribution in [0, 0.1) is 0 Å². The van der Waals surface area contributed by atoms with Crippen LogP contribution >= 0.6 is 24.0 Å². The van der Waals surface area contributed by atoms with E-state index >= 15 is 0 Å². The lowest BCUT2D eigenvalue weighted by molar-refractivity contribution is 0.0268. The standard InChI is InChI=1S/C17H29N3O3S.HI/c1-6-14(12-24(21,22)15-10-8-7-9-11-15)20-16(18-4)19-13-17(2,3)23-5;/h7-11,14H,6,12-13H2,1-5H3,(H2,18,19,20);1H. The van der Waals surface area contributed by atoms with Crippen molar-refractivity contribution in [3.8, 4) is 0 Å². The van der Waals surface area contributed by atoms with Crippen LogP contribution in [0.15, 0.2) is 40.2 Å². The molecule has 1 atom stereocenters. The Kier molecular flexibility index (Phi) is 10.6. The van der Waals surface area contributed by atoms with Gasteiger partial charge in [0.05, 0.1) is 16.2 Å². The minimum absolute atomic E-state index is 0. The van der Waals surface area contributed by atoms with E-state index in [1.165, 1.54) is 0 Å². The third kappa shape index (κ3) is 8.37. The molecule has 0 aliphatic carbocycles. The fourth-order valence-corrected chi connectivity index (χ4v) is 3.62. The highest BCUT2D eigenvalue weighted by Crippen LogP contribution is 2.12. The van der Waals surface area contributed by atoms with Crippen LogP contribution in [-0.4, -0.2) is 52.5 Å². The first-order valence-corrected chi connectivity index (χ1v) is 9.69. The zero-order chi connectivity index (χ0) is 18.2. The molecule has 144 valence electrons. The largest absolute Gasteiger partial charge is 0.377 e. The molecule has 0 heterocycles. The van der Waals surface area contributed by atoms with Gasteiger partial charge < -0.3 is 15.4 Å². The third-order valence-electron chi connectivity index (χ3n) is 3.81. The molecule has 8 heteroatoms. The molecule has 0 bridgehead atoms. The summed E-state index contributed by atoms with van der Waals surface area (Å²) in [6.07, 6.45) is 0.667. The Morgan fingerprint density at radius 1 is 1.28 bits per heavy atom. The van der Waals surface area contributed by atoms with Crippen molar-refractivity contribution < 1.29 is 13.2 Å². The molecule has 0 spiro atoms. The van der Waals surface area contributed by atoms with Gasteiger partial charge in [0.25, 0.3) is 0 Å². The number of halogens is 1. The summed E-state index contributed by atoms with van der Waals surface area (Å²) in [6, 6.07) is 8.28. The maximum Gasteiger partial charge on any atom is 0.191 e. The number of guanidine groups is 1. The van der Waals surface area contributed by atoms with Gasteiger partial charge in [-0.2, -0.15) is 0 Å². The summed E-state index contributed by atoms with van der Waals surface area (Å²) in [5, 5.41) is 6.35. The van der Waals surface area contributed by atoms with Crippen LogP contribution < -0.4 is 10.6 Å². The van der Waals surface area contributed by atoms with E-state index in [2.05, 4.69) is 15.6 Å². The predicted molar refractivity (Wildman–Crippen MR) is 114 cm³/mol. The summed E-state index contributed by atoms with van der Waals surface area (Å²) >= 11 is 0. The second-order valence-corrected chi connectivity index (χ2v) is 8.27. The molecule has 0 saturated heterocycles. The number of ether oxygens (including phenoxy) is 1. The molecule has 2 N–H and O–H groups in total. The fraction of sp³-hybridized carbons (Fsp3) is 0.588. The summed E-state index contributed by atoms with van der Waals surface area (Å²) in [5.74, 6) is 0.581. The molecule has 0 aromatic heterocycles. The molecule has 1 unspecified atom stereocenters. The van der Waals surface area contributed by atoms with E-state index in [4.69, 9.17) is 4.74 Å². The predicted octanol–water partition coefficient (Wildman–Crippen LogP) is 2.45. The minimum atomic E-state index is -3.34. The van der Waals surface area contributed by atoms with E-state index < -0.39 is 9.84 Å². The van der Waals surface area contributed by atoms with Gasteiger partial charge in [0, 0.05) is 26.7 Å². The van der Waals surface area contributed by atoms with Crippen molar-refractivity contribution in [2.24, 2.45) is 4.99 Å². The van der Waals surface area contributed by atoms with E-state index in [0.29, 0.717) is 23.8 Å². The number of nitrogens with zero attached hydrogens (tertiary/aromatic N) is 1. The van der Waals surface area contributed by atoms with Gasteiger partial charge in [-0.1, -0.05) is 25.1 Å². The zero-order valence-corrected chi connectivity index (χ0v) is 18.7. The van der Waals surface area contributed by atoms with Gasteiger partial charge in [-0.05, 0) is 32.4 Å². The van der Waals surface area contributed by atoms with Crippen molar-refractivity contribution >= 4 is 39.8 Å². The van der Waals surface area contributed by atoms with Crippen LogP contribution in [0.5, 0.6) is 0 Å². The second kappa shape index (κ2) is 11.0. The van der Waals surface area contributed by atoms with E-state index in [-0.39, 0.29) is 41.4 Å². The average Bonchev–Trinajstić information content (AvgIpc) is 2.58. The Morgan fingerprint density at radius 2 is 1.88 bits per heavy atom. The van der Waals surface area contributed by atoms with Crippen LogP contribution in [0.4, 0.5) is 0 Å². The Hall–Kier alpha value is -0.870. The topological polar surface area (TPSA) is 79.8 Å². The van der Waals surface area contributed by atoms with Crippen molar-refractivity contribution in [3.05, 3.63) is 30.3 Å². The van der Waals surface area contributed by atoms with Crippen LogP contribution in [0.2, 0.25) is 0 Å². The lowest BCUT2D eigenvalue weighted by atomic mass is 10.1. The molecule has 1 aromatic rings.